The standard InChI is InChI=1S/C26H28N2O/c27-18-25(29)28(19-21-11-5-2-6-12-21)26-23(17-20-9-3-1-4-10-20)16-15-22-13-7-8-14-24(22)26/h1-14,23,26H,15-19,27H2/t23-,26+/m1/s1. The minimum atomic E-state index is 0.00798. The topological polar surface area (TPSA) is 46.3 Å². The van der Waals surface area contributed by atoms with E-state index in [4.69, 9.17) is 5.73 Å². The van der Waals surface area contributed by atoms with E-state index in [0.717, 1.165) is 24.8 Å². The predicted octanol–water partition coefficient (Wildman–Crippen LogP) is 4.52. The van der Waals surface area contributed by atoms with Crippen molar-refractivity contribution in [2.24, 2.45) is 11.7 Å². The first-order valence-electron chi connectivity index (χ1n) is 10.4. The number of hydrogen-bond acceptors (Lipinski definition) is 2. The Balaban J connectivity index is 1.73. The normalized spacial score (nSPS) is 18.1. The first-order valence-corrected chi connectivity index (χ1v) is 10.4. The highest BCUT2D eigenvalue weighted by molar-refractivity contribution is 5.78. The van der Waals surface area contributed by atoms with Gasteiger partial charge in [0.1, 0.15) is 0 Å². The van der Waals surface area contributed by atoms with Crippen LogP contribution in [0.3, 0.4) is 0 Å². The number of nitrogens with two attached hydrogens (primary N) is 1. The maximum Gasteiger partial charge on any atom is 0.237 e. The first kappa shape index (κ1) is 19.4. The number of rotatable bonds is 6. The van der Waals surface area contributed by atoms with Crippen molar-refractivity contribution in [2.45, 2.75) is 31.8 Å². The molecule has 0 saturated heterocycles. The molecule has 1 aliphatic rings. The van der Waals surface area contributed by atoms with Crippen molar-refractivity contribution in [1.29, 1.82) is 0 Å². The smallest absolute Gasteiger partial charge is 0.237 e. The maximum atomic E-state index is 13.0. The summed E-state index contributed by atoms with van der Waals surface area (Å²) < 4.78 is 0. The van der Waals surface area contributed by atoms with Gasteiger partial charge in [-0.15, -0.1) is 0 Å². The van der Waals surface area contributed by atoms with E-state index in [-0.39, 0.29) is 18.5 Å². The number of hydrogen-bond donors (Lipinski definition) is 1. The fourth-order valence-electron chi connectivity index (χ4n) is 4.60. The third kappa shape index (κ3) is 4.41. The average molecular weight is 385 g/mol. The molecule has 3 nitrogen and oxygen atoms in total. The highest BCUT2D eigenvalue weighted by atomic mass is 16.2. The van der Waals surface area contributed by atoms with E-state index in [9.17, 15) is 4.79 Å². The largest absolute Gasteiger partial charge is 0.330 e. The summed E-state index contributed by atoms with van der Waals surface area (Å²) >= 11 is 0. The van der Waals surface area contributed by atoms with Crippen LogP contribution in [-0.4, -0.2) is 17.4 Å². The van der Waals surface area contributed by atoms with Gasteiger partial charge in [0.15, 0.2) is 0 Å². The Labute approximate surface area is 173 Å². The van der Waals surface area contributed by atoms with E-state index in [1.165, 1.54) is 16.7 Å². The molecular formula is C26H28N2O. The Morgan fingerprint density at radius 2 is 1.48 bits per heavy atom. The molecule has 3 aromatic carbocycles. The molecular weight excluding hydrogens is 356 g/mol. The van der Waals surface area contributed by atoms with Crippen molar-refractivity contribution in [3.05, 3.63) is 107 Å². The molecule has 1 aliphatic carbocycles. The number of aryl methyl sites for hydroxylation is 1. The molecule has 3 heteroatoms. The van der Waals surface area contributed by atoms with Gasteiger partial charge in [-0.3, -0.25) is 4.79 Å². The molecule has 0 bridgehead atoms. The van der Waals surface area contributed by atoms with E-state index in [1.54, 1.807) is 0 Å². The molecule has 29 heavy (non-hydrogen) atoms. The van der Waals surface area contributed by atoms with Gasteiger partial charge in [-0.05, 0) is 47.4 Å². The van der Waals surface area contributed by atoms with Gasteiger partial charge in [-0.1, -0.05) is 84.9 Å². The second-order valence-electron chi connectivity index (χ2n) is 7.84. The van der Waals surface area contributed by atoms with E-state index < -0.39 is 0 Å². The Hall–Kier alpha value is -2.91. The third-order valence-corrected chi connectivity index (χ3v) is 5.97. The van der Waals surface area contributed by atoms with Crippen LogP contribution in [0.2, 0.25) is 0 Å². The summed E-state index contributed by atoms with van der Waals surface area (Å²) in [7, 11) is 0. The van der Waals surface area contributed by atoms with Gasteiger partial charge in [0.25, 0.3) is 0 Å². The molecule has 0 spiro atoms. The Kier molecular flexibility index (Phi) is 6.06. The van der Waals surface area contributed by atoms with E-state index in [1.807, 2.05) is 23.1 Å². The van der Waals surface area contributed by atoms with E-state index >= 15 is 0 Å². The second kappa shape index (κ2) is 9.06. The van der Waals surface area contributed by atoms with Crippen LogP contribution in [0.4, 0.5) is 0 Å². The molecule has 0 heterocycles. The summed E-state index contributed by atoms with van der Waals surface area (Å²) in [5.74, 6) is 0.375. The molecule has 4 rings (SSSR count). The third-order valence-electron chi connectivity index (χ3n) is 5.97. The van der Waals surface area contributed by atoms with E-state index in [0.29, 0.717) is 12.5 Å². The zero-order chi connectivity index (χ0) is 20.1. The van der Waals surface area contributed by atoms with Gasteiger partial charge in [-0.25, -0.2) is 0 Å². The Bertz CT molecular complexity index is 939. The lowest BCUT2D eigenvalue weighted by Crippen LogP contribution is -2.43. The van der Waals surface area contributed by atoms with E-state index in [2.05, 4.69) is 66.7 Å². The van der Waals surface area contributed by atoms with Crippen LogP contribution < -0.4 is 5.73 Å². The van der Waals surface area contributed by atoms with Crippen LogP contribution >= 0.6 is 0 Å². The molecule has 0 radical (unpaired) electrons. The molecule has 1 amide bonds. The number of amides is 1. The fourth-order valence-corrected chi connectivity index (χ4v) is 4.60. The molecule has 0 fully saturated rings. The van der Waals surface area contributed by atoms with Gasteiger partial charge >= 0.3 is 0 Å². The molecule has 2 N–H and O–H groups in total. The SMILES string of the molecule is NCC(=O)N(Cc1ccccc1)[C@@H]1c2ccccc2CC[C@@H]1Cc1ccccc1. The van der Waals surface area contributed by atoms with Gasteiger partial charge in [0.2, 0.25) is 5.91 Å². The number of nitrogens with zero attached hydrogens (tertiary/aromatic N) is 1. The monoisotopic (exact) mass is 384 g/mol. The number of carbonyl (C=O) groups excluding carboxylic acids is 1. The van der Waals surface area contributed by atoms with Crippen LogP contribution in [0.1, 0.15) is 34.7 Å². The second-order valence-corrected chi connectivity index (χ2v) is 7.84. The van der Waals surface area contributed by atoms with Crippen molar-refractivity contribution in [3.63, 3.8) is 0 Å². The molecule has 148 valence electrons. The van der Waals surface area contributed by atoms with Gasteiger partial charge in [-0.2, -0.15) is 0 Å². The summed E-state index contributed by atoms with van der Waals surface area (Å²) in [6.45, 7) is 0.616. The summed E-state index contributed by atoms with van der Waals surface area (Å²) in [6, 6.07) is 29.4. The summed E-state index contributed by atoms with van der Waals surface area (Å²) in [6.07, 6.45) is 3.09. The molecule has 0 unspecified atom stereocenters. The van der Waals surface area contributed by atoms with Crippen molar-refractivity contribution in [1.82, 2.24) is 4.90 Å². The molecule has 3 aromatic rings. The average Bonchev–Trinajstić information content (AvgIpc) is 2.78. The highest BCUT2D eigenvalue weighted by Crippen LogP contribution is 2.41. The van der Waals surface area contributed by atoms with Crippen molar-refractivity contribution in [2.75, 3.05) is 6.54 Å². The zero-order valence-electron chi connectivity index (χ0n) is 16.7. The van der Waals surface area contributed by atoms with Crippen LogP contribution in [0.25, 0.3) is 0 Å². The molecule has 0 aromatic heterocycles. The lowest BCUT2D eigenvalue weighted by Gasteiger charge is -2.41. The van der Waals surface area contributed by atoms with Crippen LogP contribution in [0.5, 0.6) is 0 Å². The first-order chi connectivity index (χ1) is 14.3. The molecule has 0 saturated carbocycles. The van der Waals surface area contributed by atoms with Crippen LogP contribution in [-0.2, 0) is 24.2 Å². The Morgan fingerprint density at radius 1 is 0.862 bits per heavy atom. The minimum Gasteiger partial charge on any atom is -0.330 e. The number of benzene rings is 3. The summed E-state index contributed by atoms with van der Waals surface area (Å²) in [5, 5.41) is 0. The lowest BCUT2D eigenvalue weighted by molar-refractivity contribution is -0.134. The van der Waals surface area contributed by atoms with Gasteiger partial charge in [0, 0.05) is 6.54 Å². The van der Waals surface area contributed by atoms with Crippen LogP contribution in [0.15, 0.2) is 84.9 Å². The Morgan fingerprint density at radius 3 is 2.17 bits per heavy atom. The van der Waals surface area contributed by atoms with Gasteiger partial charge in [0.05, 0.1) is 12.6 Å². The summed E-state index contributed by atoms with van der Waals surface area (Å²) in [5.41, 5.74) is 10.9. The van der Waals surface area contributed by atoms with Crippen molar-refractivity contribution >= 4 is 5.91 Å². The number of carbonyl (C=O) groups is 1. The predicted molar refractivity (Wildman–Crippen MR) is 117 cm³/mol. The summed E-state index contributed by atoms with van der Waals surface area (Å²) in [4.78, 5) is 15.0. The highest BCUT2D eigenvalue weighted by Gasteiger charge is 2.35. The number of fused-ring (bicyclic) bond motifs is 1. The molecule has 0 aliphatic heterocycles. The zero-order valence-corrected chi connectivity index (χ0v) is 16.7. The fraction of sp³-hybridized carbons (Fsp3) is 0.269. The quantitative estimate of drug-likeness (QED) is 0.679. The maximum absolute atomic E-state index is 13.0. The molecule has 2 atom stereocenters. The minimum absolute atomic E-state index is 0.00798. The van der Waals surface area contributed by atoms with Crippen molar-refractivity contribution in [3.8, 4) is 0 Å². The van der Waals surface area contributed by atoms with Crippen molar-refractivity contribution < 1.29 is 4.79 Å². The van der Waals surface area contributed by atoms with Crippen LogP contribution in [0, 0.1) is 5.92 Å². The van der Waals surface area contributed by atoms with Gasteiger partial charge < -0.3 is 10.6 Å². The lowest BCUT2D eigenvalue weighted by atomic mass is 9.76.